The zero-order valence-electron chi connectivity index (χ0n) is 12.2. The van der Waals surface area contributed by atoms with Gasteiger partial charge in [-0.1, -0.05) is 30.3 Å². The largest absolute Gasteiger partial charge is 0.488 e. The van der Waals surface area contributed by atoms with Crippen LogP contribution in [0.2, 0.25) is 0 Å². The Morgan fingerprint density at radius 3 is 2.74 bits per heavy atom. The van der Waals surface area contributed by atoms with E-state index < -0.39 is 11.5 Å². The second-order valence-corrected chi connectivity index (χ2v) is 5.67. The van der Waals surface area contributed by atoms with Gasteiger partial charge in [-0.15, -0.1) is 0 Å². The molecule has 0 saturated carbocycles. The van der Waals surface area contributed by atoms with Crippen LogP contribution in [-0.4, -0.2) is 30.3 Å². The highest BCUT2D eigenvalue weighted by molar-refractivity contribution is 6.00. The summed E-state index contributed by atoms with van der Waals surface area (Å²) < 4.78 is 5.85. The summed E-state index contributed by atoms with van der Waals surface area (Å²) in [5.41, 5.74) is 0.887. The number of aromatic carboxylic acids is 1. The number of nitrogens with one attached hydrogen (secondary N) is 1. The Kier molecular flexibility index (Phi) is 2.81. The van der Waals surface area contributed by atoms with Crippen molar-refractivity contribution in [2.75, 3.05) is 18.1 Å². The number of anilines is 1. The number of ether oxygens (including phenoxy) is 1. The van der Waals surface area contributed by atoms with Crippen LogP contribution in [0.25, 0.3) is 0 Å². The molecule has 0 radical (unpaired) electrons. The number of benzene rings is 2. The summed E-state index contributed by atoms with van der Waals surface area (Å²) in [5, 5.41) is 12.1. The highest BCUT2D eigenvalue weighted by Gasteiger charge is 2.51. The van der Waals surface area contributed by atoms with Gasteiger partial charge in [-0.05, 0) is 23.8 Å². The minimum atomic E-state index is -1.04. The molecule has 116 valence electrons. The van der Waals surface area contributed by atoms with E-state index in [0.717, 1.165) is 5.56 Å². The Hall–Kier alpha value is -3.02. The molecule has 1 unspecified atom stereocenters. The number of carbonyl (C=O) groups is 2. The fourth-order valence-corrected chi connectivity index (χ4v) is 3.24. The number of rotatable bonds is 2. The van der Waals surface area contributed by atoms with E-state index in [1.54, 1.807) is 11.0 Å². The van der Waals surface area contributed by atoms with Crippen molar-refractivity contribution in [1.29, 1.82) is 0 Å². The van der Waals surface area contributed by atoms with E-state index in [9.17, 15) is 14.7 Å². The van der Waals surface area contributed by atoms with Gasteiger partial charge in [0.2, 0.25) is 0 Å². The van der Waals surface area contributed by atoms with E-state index in [0.29, 0.717) is 24.6 Å². The first-order chi connectivity index (χ1) is 11.1. The van der Waals surface area contributed by atoms with Crippen molar-refractivity contribution in [3.05, 3.63) is 59.7 Å². The maximum absolute atomic E-state index is 12.4. The molecule has 0 aromatic heterocycles. The number of hydrogen-bond acceptors (Lipinski definition) is 3. The van der Waals surface area contributed by atoms with Crippen molar-refractivity contribution < 1.29 is 19.4 Å². The monoisotopic (exact) mass is 310 g/mol. The minimum Gasteiger partial charge on any atom is -0.488 e. The SMILES string of the molecule is O=C(O)c1ccc2c(c1)N1C(=O)NCC1(c1ccccc1)CO2. The van der Waals surface area contributed by atoms with Crippen LogP contribution in [-0.2, 0) is 5.54 Å². The molecule has 2 aliphatic rings. The molecule has 2 heterocycles. The van der Waals surface area contributed by atoms with Gasteiger partial charge in [0, 0.05) is 0 Å². The van der Waals surface area contributed by atoms with Crippen molar-refractivity contribution in [2.24, 2.45) is 0 Å². The van der Waals surface area contributed by atoms with Crippen molar-refractivity contribution in [3.63, 3.8) is 0 Å². The van der Waals surface area contributed by atoms with Crippen LogP contribution in [0.15, 0.2) is 48.5 Å². The van der Waals surface area contributed by atoms with E-state index >= 15 is 0 Å². The summed E-state index contributed by atoms with van der Waals surface area (Å²) in [5.74, 6) is -0.526. The molecule has 1 fully saturated rings. The number of carboxylic acid groups (broad SMARTS) is 1. The maximum atomic E-state index is 12.4. The van der Waals surface area contributed by atoms with Crippen molar-refractivity contribution in [3.8, 4) is 5.75 Å². The Bertz CT molecular complexity index is 805. The predicted molar refractivity (Wildman–Crippen MR) is 82.9 cm³/mol. The molecule has 6 nitrogen and oxygen atoms in total. The van der Waals surface area contributed by atoms with E-state index in [1.165, 1.54) is 12.1 Å². The van der Waals surface area contributed by atoms with E-state index in [1.807, 2.05) is 30.3 Å². The molecule has 0 bridgehead atoms. The quantitative estimate of drug-likeness (QED) is 0.891. The second kappa shape index (κ2) is 4.74. The number of carbonyl (C=O) groups excluding carboxylic acids is 1. The lowest BCUT2D eigenvalue weighted by molar-refractivity contribution is 0.0696. The fourth-order valence-electron chi connectivity index (χ4n) is 3.24. The molecular weight excluding hydrogens is 296 g/mol. The van der Waals surface area contributed by atoms with Gasteiger partial charge in [0.05, 0.1) is 17.8 Å². The number of hydrogen-bond donors (Lipinski definition) is 2. The third kappa shape index (κ3) is 1.88. The smallest absolute Gasteiger partial charge is 0.335 e. The molecule has 1 saturated heterocycles. The molecule has 2 aliphatic heterocycles. The first kappa shape index (κ1) is 13.6. The number of carboxylic acids is 1. The Morgan fingerprint density at radius 1 is 1.22 bits per heavy atom. The normalized spacial score (nSPS) is 21.9. The molecule has 0 aliphatic carbocycles. The standard InChI is InChI=1S/C17H14N2O4/c20-15(21)11-6-7-14-13(8-11)19-16(22)18-9-17(19,10-23-14)12-4-2-1-3-5-12/h1-8H,9-10H2,(H,18,22)(H,20,21). The predicted octanol–water partition coefficient (Wildman–Crippen LogP) is 2.20. The van der Waals surface area contributed by atoms with Crippen LogP contribution in [0.4, 0.5) is 10.5 Å². The zero-order valence-corrected chi connectivity index (χ0v) is 12.2. The number of urea groups is 1. The van der Waals surface area contributed by atoms with Gasteiger partial charge >= 0.3 is 12.0 Å². The molecule has 4 rings (SSSR count). The molecule has 2 amide bonds. The summed E-state index contributed by atoms with van der Waals surface area (Å²) in [4.78, 5) is 25.3. The summed E-state index contributed by atoms with van der Waals surface area (Å²) in [6, 6.07) is 13.9. The Morgan fingerprint density at radius 2 is 2.00 bits per heavy atom. The average Bonchev–Trinajstić information content (AvgIpc) is 2.94. The average molecular weight is 310 g/mol. The van der Waals surface area contributed by atoms with E-state index in [-0.39, 0.29) is 11.6 Å². The molecule has 1 atom stereocenters. The molecule has 0 spiro atoms. The zero-order chi connectivity index (χ0) is 16.0. The van der Waals surface area contributed by atoms with Crippen molar-refractivity contribution in [1.82, 2.24) is 5.32 Å². The third-order valence-corrected chi connectivity index (χ3v) is 4.39. The number of fused-ring (bicyclic) bond motifs is 3. The molecule has 2 aromatic carbocycles. The summed E-state index contributed by atoms with van der Waals surface area (Å²) in [7, 11) is 0. The molecular formula is C17H14N2O4. The van der Waals surface area contributed by atoms with Crippen molar-refractivity contribution >= 4 is 17.7 Å². The van der Waals surface area contributed by atoms with E-state index in [2.05, 4.69) is 5.32 Å². The highest BCUT2D eigenvalue weighted by Crippen LogP contribution is 2.45. The van der Waals surface area contributed by atoms with Gasteiger partial charge in [0.15, 0.2) is 0 Å². The molecule has 23 heavy (non-hydrogen) atoms. The summed E-state index contributed by atoms with van der Waals surface area (Å²) >= 11 is 0. The first-order valence-corrected chi connectivity index (χ1v) is 7.25. The number of nitrogens with zero attached hydrogens (tertiary/aromatic N) is 1. The Balaban J connectivity index is 1.90. The minimum absolute atomic E-state index is 0.121. The van der Waals surface area contributed by atoms with Crippen molar-refractivity contribution in [2.45, 2.75) is 5.54 Å². The third-order valence-electron chi connectivity index (χ3n) is 4.39. The van der Waals surface area contributed by atoms with Crippen LogP contribution in [0.3, 0.4) is 0 Å². The molecule has 2 aromatic rings. The summed E-state index contributed by atoms with van der Waals surface area (Å²) in [6.07, 6.45) is 0. The fraction of sp³-hybridized carbons (Fsp3) is 0.176. The lowest BCUT2D eigenvalue weighted by Crippen LogP contribution is -2.52. The van der Waals surface area contributed by atoms with E-state index in [4.69, 9.17) is 4.74 Å². The lowest BCUT2D eigenvalue weighted by Gasteiger charge is -2.41. The topological polar surface area (TPSA) is 78.9 Å². The van der Waals surface area contributed by atoms with Gasteiger partial charge in [-0.25, -0.2) is 9.59 Å². The number of amides is 2. The van der Waals surface area contributed by atoms with Gasteiger partial charge in [0.25, 0.3) is 0 Å². The van der Waals surface area contributed by atoms with Gasteiger partial charge in [-0.3, -0.25) is 4.90 Å². The molecule has 2 N–H and O–H groups in total. The lowest BCUT2D eigenvalue weighted by atomic mass is 9.88. The second-order valence-electron chi connectivity index (χ2n) is 5.67. The highest BCUT2D eigenvalue weighted by atomic mass is 16.5. The summed E-state index contributed by atoms with van der Waals surface area (Å²) in [6.45, 7) is 0.724. The van der Waals surface area contributed by atoms with Gasteiger partial charge < -0.3 is 15.2 Å². The van der Waals surface area contributed by atoms with Crippen LogP contribution in [0.1, 0.15) is 15.9 Å². The molecule has 6 heteroatoms. The van der Waals surface area contributed by atoms with Crippen LogP contribution in [0.5, 0.6) is 5.75 Å². The Labute approximate surface area is 132 Å². The first-order valence-electron chi connectivity index (χ1n) is 7.25. The van der Waals surface area contributed by atoms with Crippen LogP contribution in [0, 0.1) is 0 Å². The maximum Gasteiger partial charge on any atom is 0.335 e. The van der Waals surface area contributed by atoms with Gasteiger partial charge in [0.1, 0.15) is 17.9 Å². The van der Waals surface area contributed by atoms with Crippen LogP contribution >= 0.6 is 0 Å². The van der Waals surface area contributed by atoms with Crippen LogP contribution < -0.4 is 15.0 Å². The van der Waals surface area contributed by atoms with Gasteiger partial charge in [-0.2, -0.15) is 0 Å².